The van der Waals surface area contributed by atoms with Gasteiger partial charge in [-0.1, -0.05) is 48.5 Å². The SMILES string of the molecule is O=C(CCc1ccccc1)C1=C(O)C(=O)N(c2ccccc2O)C1c1cccs1. The molecule has 1 aliphatic heterocycles. The van der Waals surface area contributed by atoms with Gasteiger partial charge < -0.3 is 10.2 Å². The van der Waals surface area contributed by atoms with Crippen molar-refractivity contribution in [2.24, 2.45) is 0 Å². The van der Waals surface area contributed by atoms with E-state index < -0.39 is 17.7 Å². The first kappa shape index (κ1) is 19.0. The van der Waals surface area contributed by atoms with E-state index in [9.17, 15) is 19.8 Å². The first-order chi connectivity index (χ1) is 14.1. The van der Waals surface area contributed by atoms with Gasteiger partial charge in [0.25, 0.3) is 5.91 Å². The van der Waals surface area contributed by atoms with Gasteiger partial charge in [-0.3, -0.25) is 14.5 Å². The molecule has 2 heterocycles. The molecular formula is C23H19NO4S. The summed E-state index contributed by atoms with van der Waals surface area (Å²) in [5, 5.41) is 22.8. The average Bonchev–Trinajstić information content (AvgIpc) is 3.35. The summed E-state index contributed by atoms with van der Waals surface area (Å²) in [6.07, 6.45) is 0.686. The van der Waals surface area contributed by atoms with E-state index in [-0.39, 0.29) is 29.2 Å². The molecule has 29 heavy (non-hydrogen) atoms. The van der Waals surface area contributed by atoms with Crippen molar-refractivity contribution in [3.05, 3.63) is 93.9 Å². The molecule has 3 aromatic rings. The van der Waals surface area contributed by atoms with Crippen molar-refractivity contribution in [2.75, 3.05) is 4.90 Å². The summed E-state index contributed by atoms with van der Waals surface area (Å²) >= 11 is 1.39. The van der Waals surface area contributed by atoms with E-state index in [1.165, 1.54) is 22.3 Å². The third-order valence-electron chi connectivity index (χ3n) is 4.95. The molecule has 1 atom stereocenters. The Hall–Kier alpha value is -3.38. The maximum Gasteiger partial charge on any atom is 0.294 e. The fraction of sp³-hybridized carbons (Fsp3) is 0.130. The number of Topliss-reactive ketones (excluding diaryl/α,β-unsaturated/α-hetero) is 1. The van der Waals surface area contributed by atoms with Crippen molar-refractivity contribution in [2.45, 2.75) is 18.9 Å². The standard InChI is InChI=1S/C23H19NO4S/c25-17-10-5-4-9-16(17)24-21(19-11-6-14-29-19)20(22(27)23(24)28)18(26)13-12-15-7-2-1-3-8-15/h1-11,14,21,25,27H,12-13H2. The summed E-state index contributed by atoms with van der Waals surface area (Å²) in [4.78, 5) is 28.0. The number of phenolic OH excluding ortho intramolecular Hbond substituents is 1. The van der Waals surface area contributed by atoms with E-state index in [1.807, 2.05) is 47.8 Å². The van der Waals surface area contributed by atoms with Crippen LogP contribution in [0.5, 0.6) is 5.75 Å². The normalized spacial score (nSPS) is 16.5. The molecule has 1 aromatic heterocycles. The molecule has 1 aliphatic rings. The maximum atomic E-state index is 13.1. The molecule has 0 saturated heterocycles. The number of aromatic hydroxyl groups is 1. The van der Waals surface area contributed by atoms with Gasteiger partial charge in [0.2, 0.25) is 0 Å². The number of hydrogen-bond acceptors (Lipinski definition) is 5. The van der Waals surface area contributed by atoms with Crippen LogP contribution >= 0.6 is 11.3 Å². The molecule has 1 amide bonds. The van der Waals surface area contributed by atoms with Gasteiger partial charge in [-0.15, -0.1) is 11.3 Å². The van der Waals surface area contributed by atoms with E-state index in [0.29, 0.717) is 6.42 Å². The molecule has 0 spiro atoms. The Balaban J connectivity index is 1.70. The molecule has 146 valence electrons. The van der Waals surface area contributed by atoms with Gasteiger partial charge in [-0.05, 0) is 35.6 Å². The zero-order valence-electron chi connectivity index (χ0n) is 15.5. The third-order valence-corrected chi connectivity index (χ3v) is 5.87. The number of anilines is 1. The molecule has 2 aromatic carbocycles. The number of thiophene rings is 1. The number of para-hydroxylation sites is 2. The highest BCUT2D eigenvalue weighted by molar-refractivity contribution is 7.10. The maximum absolute atomic E-state index is 13.1. The first-order valence-electron chi connectivity index (χ1n) is 9.23. The Morgan fingerprint density at radius 2 is 1.69 bits per heavy atom. The first-order valence-corrected chi connectivity index (χ1v) is 10.1. The van der Waals surface area contributed by atoms with Crippen LogP contribution in [0.1, 0.15) is 22.9 Å². The molecule has 0 bridgehead atoms. The second-order valence-corrected chi connectivity index (χ2v) is 7.73. The Bertz CT molecular complexity index is 1070. The summed E-state index contributed by atoms with van der Waals surface area (Å²) in [5.74, 6) is -1.61. The molecule has 0 fully saturated rings. The number of amides is 1. The van der Waals surface area contributed by atoms with Crippen LogP contribution in [0.2, 0.25) is 0 Å². The summed E-state index contributed by atoms with van der Waals surface area (Å²) in [7, 11) is 0. The molecule has 5 nitrogen and oxygen atoms in total. The number of rotatable bonds is 6. The predicted octanol–water partition coefficient (Wildman–Crippen LogP) is 4.56. The molecule has 0 aliphatic carbocycles. The molecule has 0 radical (unpaired) electrons. The second-order valence-electron chi connectivity index (χ2n) is 6.75. The lowest BCUT2D eigenvalue weighted by atomic mass is 9.97. The lowest BCUT2D eigenvalue weighted by molar-refractivity contribution is -0.118. The number of carbonyl (C=O) groups is 2. The van der Waals surface area contributed by atoms with Crippen molar-refractivity contribution in [1.29, 1.82) is 0 Å². The Morgan fingerprint density at radius 1 is 0.966 bits per heavy atom. The minimum absolute atomic E-state index is 0.0802. The Morgan fingerprint density at radius 3 is 2.38 bits per heavy atom. The van der Waals surface area contributed by atoms with Gasteiger partial charge in [0.1, 0.15) is 11.8 Å². The van der Waals surface area contributed by atoms with Gasteiger partial charge in [0, 0.05) is 11.3 Å². The van der Waals surface area contributed by atoms with E-state index in [2.05, 4.69) is 0 Å². The highest BCUT2D eigenvalue weighted by Gasteiger charge is 2.45. The van der Waals surface area contributed by atoms with Crippen molar-refractivity contribution in [1.82, 2.24) is 0 Å². The topological polar surface area (TPSA) is 77.8 Å². The molecule has 6 heteroatoms. The van der Waals surface area contributed by atoms with Gasteiger partial charge in [-0.25, -0.2) is 0 Å². The molecule has 2 N–H and O–H groups in total. The second kappa shape index (κ2) is 7.93. The number of ketones is 1. The Labute approximate surface area is 172 Å². The number of aliphatic hydroxyl groups is 1. The van der Waals surface area contributed by atoms with Crippen LogP contribution < -0.4 is 4.90 Å². The minimum Gasteiger partial charge on any atom is -0.506 e. The zero-order valence-corrected chi connectivity index (χ0v) is 16.3. The zero-order chi connectivity index (χ0) is 20.4. The van der Waals surface area contributed by atoms with Gasteiger partial charge in [0.15, 0.2) is 11.5 Å². The van der Waals surface area contributed by atoms with Crippen molar-refractivity contribution in [3.63, 3.8) is 0 Å². The molecular weight excluding hydrogens is 386 g/mol. The monoisotopic (exact) mass is 405 g/mol. The number of phenols is 1. The molecule has 0 saturated carbocycles. The van der Waals surface area contributed by atoms with E-state index in [1.54, 1.807) is 18.2 Å². The molecule has 1 unspecified atom stereocenters. The largest absolute Gasteiger partial charge is 0.506 e. The highest BCUT2D eigenvalue weighted by atomic mass is 32.1. The van der Waals surface area contributed by atoms with Crippen LogP contribution in [-0.4, -0.2) is 21.9 Å². The van der Waals surface area contributed by atoms with E-state index in [0.717, 1.165) is 10.4 Å². The van der Waals surface area contributed by atoms with Gasteiger partial charge in [0.05, 0.1) is 11.3 Å². The number of benzene rings is 2. The highest BCUT2D eigenvalue weighted by Crippen LogP contribution is 2.45. The van der Waals surface area contributed by atoms with Crippen LogP contribution in [-0.2, 0) is 16.0 Å². The number of carbonyl (C=O) groups excluding carboxylic acids is 2. The summed E-state index contributed by atoms with van der Waals surface area (Å²) in [5.41, 5.74) is 1.35. The van der Waals surface area contributed by atoms with Crippen LogP contribution in [0.4, 0.5) is 5.69 Å². The number of nitrogens with zero attached hydrogens (tertiary/aromatic N) is 1. The quantitative estimate of drug-likeness (QED) is 0.630. The van der Waals surface area contributed by atoms with Crippen LogP contribution in [0.25, 0.3) is 0 Å². The fourth-order valence-corrected chi connectivity index (χ4v) is 4.38. The van der Waals surface area contributed by atoms with Crippen LogP contribution in [0.3, 0.4) is 0 Å². The average molecular weight is 405 g/mol. The van der Waals surface area contributed by atoms with Crippen molar-refractivity contribution in [3.8, 4) is 5.75 Å². The van der Waals surface area contributed by atoms with E-state index in [4.69, 9.17) is 0 Å². The molecule has 4 rings (SSSR count). The smallest absolute Gasteiger partial charge is 0.294 e. The lowest BCUT2D eigenvalue weighted by Gasteiger charge is -2.26. The van der Waals surface area contributed by atoms with Gasteiger partial charge >= 0.3 is 0 Å². The Kier molecular flexibility index (Phi) is 5.18. The summed E-state index contributed by atoms with van der Waals surface area (Å²) in [6.45, 7) is 0. The number of aliphatic hydroxyl groups excluding tert-OH is 1. The van der Waals surface area contributed by atoms with Crippen molar-refractivity contribution >= 4 is 28.7 Å². The van der Waals surface area contributed by atoms with Crippen LogP contribution in [0.15, 0.2) is 83.4 Å². The van der Waals surface area contributed by atoms with Crippen LogP contribution in [0, 0.1) is 0 Å². The van der Waals surface area contributed by atoms with Crippen molar-refractivity contribution < 1.29 is 19.8 Å². The fourth-order valence-electron chi connectivity index (χ4n) is 3.56. The number of hydrogen-bond donors (Lipinski definition) is 2. The predicted molar refractivity (Wildman–Crippen MR) is 112 cm³/mol. The minimum atomic E-state index is -0.765. The third kappa shape index (κ3) is 3.54. The summed E-state index contributed by atoms with van der Waals surface area (Å²) < 4.78 is 0. The van der Waals surface area contributed by atoms with Gasteiger partial charge in [-0.2, -0.15) is 0 Å². The lowest BCUT2D eigenvalue weighted by Crippen LogP contribution is -2.30. The number of aryl methyl sites for hydroxylation is 1. The summed E-state index contributed by atoms with van der Waals surface area (Å²) in [6, 6.07) is 18.9. The van der Waals surface area contributed by atoms with E-state index >= 15 is 0 Å².